The van der Waals surface area contributed by atoms with Crippen LogP contribution in [0.2, 0.25) is 0 Å². The van der Waals surface area contributed by atoms with Crippen molar-refractivity contribution in [2.45, 2.75) is 6.92 Å². The van der Waals surface area contributed by atoms with Gasteiger partial charge in [-0.2, -0.15) is 0 Å². The van der Waals surface area contributed by atoms with Crippen LogP contribution < -0.4 is 16.2 Å². The van der Waals surface area contributed by atoms with Gasteiger partial charge in [-0.15, -0.1) is 0 Å². The first kappa shape index (κ1) is 10.4. The molecule has 0 aliphatic carbocycles. The van der Waals surface area contributed by atoms with Gasteiger partial charge in [0.15, 0.2) is 0 Å². The molecular formula is C10H12N4O2. The van der Waals surface area contributed by atoms with Gasteiger partial charge in [-0.3, -0.25) is 10.5 Å². The molecular weight excluding hydrogens is 208 g/mol. The molecule has 1 aromatic carbocycles. The minimum absolute atomic E-state index is 0.0367. The Morgan fingerprint density at radius 3 is 3.00 bits per heavy atom. The lowest BCUT2D eigenvalue weighted by Crippen LogP contribution is -2.14. The number of aromatic nitrogens is 2. The number of carbonyl (C=O) groups excluding carboxylic acids is 1. The van der Waals surface area contributed by atoms with Gasteiger partial charge < -0.3 is 15.5 Å². The predicted octanol–water partition coefficient (Wildman–Crippen LogP) is 0.265. The monoisotopic (exact) mass is 220 g/mol. The standard InChI is InChI=1S/C10H12N4O2/c1-5-7(16-3-11)2-6(10(12)15)9-8(5)13-4-14-9/h2,4H,3,11H2,1H3,(H2,12,15)(H,13,14). The van der Waals surface area contributed by atoms with E-state index in [9.17, 15) is 4.79 Å². The van der Waals surface area contributed by atoms with Crippen LogP contribution in [-0.4, -0.2) is 22.6 Å². The second-order valence-corrected chi connectivity index (χ2v) is 3.35. The van der Waals surface area contributed by atoms with E-state index in [2.05, 4.69) is 9.97 Å². The number of primary amides is 1. The molecule has 6 heteroatoms. The first-order valence-electron chi connectivity index (χ1n) is 4.74. The number of rotatable bonds is 3. The molecule has 5 N–H and O–H groups in total. The predicted molar refractivity (Wildman–Crippen MR) is 59.0 cm³/mol. The summed E-state index contributed by atoms with van der Waals surface area (Å²) in [5.41, 5.74) is 13.0. The molecule has 0 atom stereocenters. The molecule has 0 radical (unpaired) electrons. The van der Waals surface area contributed by atoms with E-state index in [1.54, 1.807) is 6.07 Å². The topological polar surface area (TPSA) is 107 Å². The van der Waals surface area contributed by atoms with Crippen molar-refractivity contribution in [3.05, 3.63) is 23.5 Å². The first-order chi connectivity index (χ1) is 7.65. The molecule has 84 valence electrons. The number of fused-ring (bicyclic) bond motifs is 1. The Kier molecular flexibility index (Phi) is 2.49. The van der Waals surface area contributed by atoms with Crippen molar-refractivity contribution in [2.75, 3.05) is 6.73 Å². The van der Waals surface area contributed by atoms with Crippen LogP contribution in [0.5, 0.6) is 5.75 Å². The van der Waals surface area contributed by atoms with E-state index in [0.29, 0.717) is 22.3 Å². The molecule has 0 spiro atoms. The number of hydrogen-bond acceptors (Lipinski definition) is 4. The van der Waals surface area contributed by atoms with Crippen LogP contribution in [0.1, 0.15) is 15.9 Å². The third-order valence-corrected chi connectivity index (χ3v) is 2.41. The lowest BCUT2D eigenvalue weighted by Gasteiger charge is -2.09. The Labute approximate surface area is 91.6 Å². The van der Waals surface area contributed by atoms with Gasteiger partial charge >= 0.3 is 0 Å². The van der Waals surface area contributed by atoms with Crippen molar-refractivity contribution in [3.63, 3.8) is 0 Å². The average molecular weight is 220 g/mol. The van der Waals surface area contributed by atoms with E-state index in [1.165, 1.54) is 6.33 Å². The number of aryl methyl sites for hydroxylation is 1. The van der Waals surface area contributed by atoms with E-state index in [1.807, 2.05) is 6.92 Å². The average Bonchev–Trinajstić information content (AvgIpc) is 2.71. The van der Waals surface area contributed by atoms with Crippen molar-refractivity contribution < 1.29 is 9.53 Å². The molecule has 0 aliphatic rings. The Hall–Kier alpha value is -2.08. The zero-order chi connectivity index (χ0) is 11.7. The number of hydrogen-bond donors (Lipinski definition) is 3. The van der Waals surface area contributed by atoms with Gasteiger partial charge in [-0.05, 0) is 13.0 Å². The molecule has 0 unspecified atom stereocenters. The minimum atomic E-state index is -0.531. The third kappa shape index (κ3) is 1.49. The highest BCUT2D eigenvalue weighted by Crippen LogP contribution is 2.28. The molecule has 0 bridgehead atoms. The second kappa shape index (κ2) is 3.82. The van der Waals surface area contributed by atoms with Gasteiger partial charge in [0.1, 0.15) is 12.5 Å². The van der Waals surface area contributed by atoms with Crippen molar-refractivity contribution in [2.24, 2.45) is 11.5 Å². The summed E-state index contributed by atoms with van der Waals surface area (Å²) in [6.07, 6.45) is 1.51. The number of nitrogens with one attached hydrogen (secondary N) is 1. The maximum atomic E-state index is 11.3. The summed E-state index contributed by atoms with van der Waals surface area (Å²) in [6.45, 7) is 1.88. The van der Waals surface area contributed by atoms with Crippen LogP contribution in [0.4, 0.5) is 0 Å². The maximum absolute atomic E-state index is 11.3. The summed E-state index contributed by atoms with van der Waals surface area (Å²) in [5, 5.41) is 0. The normalized spacial score (nSPS) is 10.6. The molecule has 1 amide bonds. The zero-order valence-electron chi connectivity index (χ0n) is 8.78. The quantitative estimate of drug-likeness (QED) is 0.645. The molecule has 16 heavy (non-hydrogen) atoms. The van der Waals surface area contributed by atoms with Crippen molar-refractivity contribution in [1.82, 2.24) is 9.97 Å². The van der Waals surface area contributed by atoms with Gasteiger partial charge in [-0.25, -0.2) is 4.98 Å². The zero-order valence-corrected chi connectivity index (χ0v) is 8.78. The Bertz CT molecular complexity index is 547. The highest BCUT2D eigenvalue weighted by atomic mass is 16.5. The van der Waals surface area contributed by atoms with Gasteiger partial charge in [-0.1, -0.05) is 0 Å². The lowest BCUT2D eigenvalue weighted by molar-refractivity contribution is 0.100. The lowest BCUT2D eigenvalue weighted by atomic mass is 10.1. The van der Waals surface area contributed by atoms with Crippen molar-refractivity contribution in [1.29, 1.82) is 0 Å². The number of benzene rings is 1. The number of amides is 1. The molecule has 0 saturated carbocycles. The number of H-pyrrole nitrogens is 1. The van der Waals surface area contributed by atoms with Crippen LogP contribution in [0.15, 0.2) is 12.4 Å². The van der Waals surface area contributed by atoms with Gasteiger partial charge in [0.25, 0.3) is 5.91 Å². The van der Waals surface area contributed by atoms with E-state index in [-0.39, 0.29) is 6.73 Å². The SMILES string of the molecule is Cc1c(OCN)cc(C(N)=O)c2[nH]cnc12. The van der Waals surface area contributed by atoms with E-state index < -0.39 is 5.91 Å². The first-order valence-corrected chi connectivity index (χ1v) is 4.74. The summed E-state index contributed by atoms with van der Waals surface area (Å²) >= 11 is 0. The summed E-state index contributed by atoms with van der Waals surface area (Å²) in [5.74, 6) is -0.00739. The van der Waals surface area contributed by atoms with Crippen LogP contribution in [0, 0.1) is 6.92 Å². The number of imidazole rings is 1. The van der Waals surface area contributed by atoms with Crippen molar-refractivity contribution in [3.8, 4) is 5.75 Å². The third-order valence-electron chi connectivity index (χ3n) is 2.41. The fraction of sp³-hybridized carbons (Fsp3) is 0.200. The van der Waals surface area contributed by atoms with Gasteiger partial charge in [0.2, 0.25) is 0 Å². The fourth-order valence-corrected chi connectivity index (χ4v) is 1.65. The Morgan fingerprint density at radius 2 is 2.38 bits per heavy atom. The smallest absolute Gasteiger partial charge is 0.251 e. The molecule has 0 saturated heterocycles. The fourth-order valence-electron chi connectivity index (χ4n) is 1.65. The van der Waals surface area contributed by atoms with Crippen molar-refractivity contribution >= 4 is 16.9 Å². The molecule has 1 aromatic heterocycles. The number of aromatic amines is 1. The number of nitrogens with two attached hydrogens (primary N) is 2. The van der Waals surface area contributed by atoms with Gasteiger partial charge in [0, 0.05) is 5.56 Å². The molecule has 0 aliphatic heterocycles. The number of ether oxygens (including phenoxy) is 1. The molecule has 1 heterocycles. The minimum Gasteiger partial charge on any atom is -0.478 e. The number of nitrogens with zero attached hydrogens (tertiary/aromatic N) is 1. The molecule has 2 rings (SSSR count). The molecule has 2 aromatic rings. The Morgan fingerprint density at radius 1 is 1.62 bits per heavy atom. The summed E-state index contributed by atoms with van der Waals surface area (Å²) < 4.78 is 5.22. The maximum Gasteiger partial charge on any atom is 0.251 e. The van der Waals surface area contributed by atoms with Crippen LogP contribution in [0.25, 0.3) is 11.0 Å². The largest absolute Gasteiger partial charge is 0.478 e. The second-order valence-electron chi connectivity index (χ2n) is 3.35. The summed E-state index contributed by atoms with van der Waals surface area (Å²) in [4.78, 5) is 18.3. The molecule has 0 fully saturated rings. The van der Waals surface area contributed by atoms with Crippen LogP contribution >= 0.6 is 0 Å². The van der Waals surface area contributed by atoms with Crippen LogP contribution in [0.3, 0.4) is 0 Å². The van der Waals surface area contributed by atoms with Gasteiger partial charge in [0.05, 0.1) is 22.9 Å². The number of carbonyl (C=O) groups is 1. The van der Waals surface area contributed by atoms with E-state index in [4.69, 9.17) is 16.2 Å². The Balaban J connectivity index is 2.74. The molecule has 6 nitrogen and oxygen atoms in total. The van der Waals surface area contributed by atoms with E-state index in [0.717, 1.165) is 5.56 Å². The summed E-state index contributed by atoms with van der Waals surface area (Å²) in [7, 11) is 0. The highest BCUT2D eigenvalue weighted by molar-refractivity contribution is 6.05. The summed E-state index contributed by atoms with van der Waals surface area (Å²) in [6, 6.07) is 1.57. The van der Waals surface area contributed by atoms with E-state index >= 15 is 0 Å². The highest BCUT2D eigenvalue weighted by Gasteiger charge is 2.15. The van der Waals surface area contributed by atoms with Crippen LogP contribution in [-0.2, 0) is 0 Å².